The smallest absolute Gasteiger partial charge is 0.242 e. The Hall–Kier alpha value is -2.79. The van der Waals surface area contributed by atoms with E-state index in [2.05, 4.69) is 15.1 Å². The minimum Gasteiger partial charge on any atom is -0.273 e. The summed E-state index contributed by atoms with van der Waals surface area (Å²) in [6.45, 7) is 2.60. The Bertz CT molecular complexity index is 1050. The minimum absolute atomic E-state index is 0.0616. The van der Waals surface area contributed by atoms with Gasteiger partial charge >= 0.3 is 0 Å². The van der Waals surface area contributed by atoms with E-state index in [0.29, 0.717) is 24.4 Å². The third-order valence-electron chi connectivity index (χ3n) is 4.63. The molecule has 3 heterocycles. The van der Waals surface area contributed by atoms with Crippen molar-refractivity contribution in [2.45, 2.75) is 26.2 Å². The number of hydrogen-bond acceptors (Lipinski definition) is 4. The monoisotopic (exact) mass is 378 g/mol. The Balaban J connectivity index is 1.78. The number of halogens is 1. The van der Waals surface area contributed by atoms with Crippen molar-refractivity contribution in [2.24, 2.45) is 5.10 Å². The van der Waals surface area contributed by atoms with Crippen LogP contribution >= 0.6 is 11.6 Å². The van der Waals surface area contributed by atoms with E-state index in [4.69, 9.17) is 11.6 Å². The highest BCUT2D eigenvalue weighted by atomic mass is 35.5. The van der Waals surface area contributed by atoms with Gasteiger partial charge in [0.25, 0.3) is 0 Å². The van der Waals surface area contributed by atoms with Gasteiger partial charge in [0.05, 0.1) is 16.9 Å². The van der Waals surface area contributed by atoms with Gasteiger partial charge < -0.3 is 0 Å². The fraction of sp³-hybridized carbons (Fsp3) is 0.238. The Kier molecular flexibility index (Phi) is 4.86. The second-order valence-corrected chi connectivity index (χ2v) is 7.08. The average Bonchev–Trinajstić information content (AvgIpc) is 3.06. The molecular formula is C21H19ClN4O. The lowest BCUT2D eigenvalue weighted by molar-refractivity contribution is -0.127. The molecule has 136 valence electrons. The van der Waals surface area contributed by atoms with Crippen molar-refractivity contribution in [1.29, 1.82) is 0 Å². The molecule has 0 saturated carbocycles. The summed E-state index contributed by atoms with van der Waals surface area (Å²) in [5.41, 5.74) is 4.39. The number of benzene rings is 1. The molecule has 0 radical (unpaired) electrons. The van der Waals surface area contributed by atoms with E-state index in [-0.39, 0.29) is 5.91 Å². The highest BCUT2D eigenvalue weighted by Gasteiger charge is 2.21. The molecule has 0 unspecified atom stereocenters. The fourth-order valence-electron chi connectivity index (χ4n) is 3.28. The van der Waals surface area contributed by atoms with Crippen molar-refractivity contribution in [1.82, 2.24) is 15.0 Å². The van der Waals surface area contributed by atoms with Crippen molar-refractivity contribution in [3.05, 3.63) is 70.6 Å². The fourth-order valence-corrected chi connectivity index (χ4v) is 3.45. The Morgan fingerprint density at radius 1 is 1.26 bits per heavy atom. The molecule has 0 atom stereocenters. The zero-order valence-electron chi connectivity index (χ0n) is 15.0. The summed E-state index contributed by atoms with van der Waals surface area (Å²) >= 11 is 6.10. The normalized spacial score (nSPS) is 15.0. The van der Waals surface area contributed by atoms with Gasteiger partial charge in [0.15, 0.2) is 0 Å². The molecule has 6 heteroatoms. The van der Waals surface area contributed by atoms with Crippen LogP contribution in [0.4, 0.5) is 0 Å². The number of nitrogens with zero attached hydrogens (tertiary/aromatic N) is 4. The maximum Gasteiger partial charge on any atom is 0.242 e. The van der Waals surface area contributed by atoms with Crippen molar-refractivity contribution < 1.29 is 4.79 Å². The van der Waals surface area contributed by atoms with Crippen LogP contribution in [0.3, 0.4) is 0 Å². The van der Waals surface area contributed by atoms with Crippen LogP contribution in [-0.4, -0.2) is 33.1 Å². The van der Waals surface area contributed by atoms with Crippen molar-refractivity contribution in [3.8, 4) is 0 Å². The Morgan fingerprint density at radius 3 is 2.93 bits per heavy atom. The molecule has 2 aromatic heterocycles. The molecule has 0 aliphatic carbocycles. The number of carbonyl (C=O) groups is 1. The molecule has 27 heavy (non-hydrogen) atoms. The quantitative estimate of drug-likeness (QED) is 0.640. The summed E-state index contributed by atoms with van der Waals surface area (Å²) in [7, 11) is 0. The lowest BCUT2D eigenvalue weighted by atomic mass is 10.0. The van der Waals surface area contributed by atoms with E-state index in [9.17, 15) is 4.79 Å². The number of fused-ring (bicyclic) bond motifs is 1. The number of amides is 1. The molecular weight excluding hydrogens is 360 g/mol. The van der Waals surface area contributed by atoms with Gasteiger partial charge in [-0.15, -0.1) is 0 Å². The second-order valence-electron chi connectivity index (χ2n) is 6.64. The van der Waals surface area contributed by atoms with Gasteiger partial charge in [0, 0.05) is 41.7 Å². The summed E-state index contributed by atoms with van der Waals surface area (Å²) in [4.78, 5) is 21.1. The first-order valence-electron chi connectivity index (χ1n) is 8.95. The van der Waals surface area contributed by atoms with E-state index in [0.717, 1.165) is 40.0 Å². The molecule has 1 aromatic carbocycles. The molecule has 0 spiro atoms. The van der Waals surface area contributed by atoms with Crippen molar-refractivity contribution in [3.63, 3.8) is 0 Å². The first-order chi connectivity index (χ1) is 13.1. The van der Waals surface area contributed by atoms with Crippen LogP contribution in [0, 0.1) is 6.92 Å². The van der Waals surface area contributed by atoms with Crippen LogP contribution in [0.5, 0.6) is 0 Å². The predicted octanol–water partition coefficient (Wildman–Crippen LogP) is 4.16. The van der Waals surface area contributed by atoms with Gasteiger partial charge in [-0.1, -0.05) is 23.7 Å². The zero-order chi connectivity index (χ0) is 18.8. The largest absolute Gasteiger partial charge is 0.273 e. The maximum atomic E-state index is 12.1. The molecule has 1 aliphatic heterocycles. The molecule has 0 bridgehead atoms. The number of aromatic nitrogens is 2. The molecule has 1 aliphatic rings. The summed E-state index contributed by atoms with van der Waals surface area (Å²) in [5.74, 6) is 0.0616. The summed E-state index contributed by atoms with van der Waals surface area (Å²) in [6.07, 6.45) is 3.72. The summed E-state index contributed by atoms with van der Waals surface area (Å²) in [5, 5.41) is 7.93. The molecule has 4 rings (SSSR count). The summed E-state index contributed by atoms with van der Waals surface area (Å²) in [6, 6.07) is 13.5. The van der Waals surface area contributed by atoms with E-state index < -0.39 is 0 Å². The van der Waals surface area contributed by atoms with E-state index in [1.54, 1.807) is 11.2 Å². The number of pyridine rings is 2. The lowest BCUT2D eigenvalue weighted by Crippen LogP contribution is -2.22. The van der Waals surface area contributed by atoms with Gasteiger partial charge in [-0.3, -0.25) is 14.8 Å². The SMILES string of the molecule is Cc1cccc(/C(Cc2ccnc3cc(Cl)ccc23)=N\N2CCCC2=O)n1. The molecule has 3 aromatic rings. The van der Waals surface area contributed by atoms with Gasteiger partial charge in [-0.2, -0.15) is 5.10 Å². The molecule has 0 N–H and O–H groups in total. The van der Waals surface area contributed by atoms with Crippen LogP contribution in [-0.2, 0) is 11.2 Å². The van der Waals surface area contributed by atoms with Crippen LogP contribution in [0.2, 0.25) is 5.02 Å². The summed E-state index contributed by atoms with van der Waals surface area (Å²) < 4.78 is 0. The number of carbonyl (C=O) groups excluding carboxylic acids is 1. The van der Waals surface area contributed by atoms with Crippen LogP contribution < -0.4 is 0 Å². The second kappa shape index (κ2) is 7.45. The first-order valence-corrected chi connectivity index (χ1v) is 9.33. The van der Waals surface area contributed by atoms with Gasteiger partial charge in [-0.05, 0) is 49.2 Å². The van der Waals surface area contributed by atoms with Crippen molar-refractivity contribution in [2.75, 3.05) is 6.54 Å². The van der Waals surface area contributed by atoms with Gasteiger partial charge in [0.2, 0.25) is 5.91 Å². The number of hydrogen-bond donors (Lipinski definition) is 0. The van der Waals surface area contributed by atoms with E-state index in [1.165, 1.54) is 0 Å². The predicted molar refractivity (Wildman–Crippen MR) is 107 cm³/mol. The van der Waals surface area contributed by atoms with Crippen LogP contribution in [0.1, 0.15) is 29.8 Å². The highest BCUT2D eigenvalue weighted by molar-refractivity contribution is 6.31. The lowest BCUT2D eigenvalue weighted by Gasteiger charge is -2.14. The maximum absolute atomic E-state index is 12.1. The highest BCUT2D eigenvalue weighted by Crippen LogP contribution is 2.23. The minimum atomic E-state index is 0.0616. The van der Waals surface area contributed by atoms with Crippen molar-refractivity contribution >= 4 is 34.1 Å². The van der Waals surface area contributed by atoms with E-state index in [1.807, 2.05) is 49.4 Å². The third kappa shape index (κ3) is 3.83. The van der Waals surface area contributed by atoms with Crippen LogP contribution in [0.15, 0.2) is 53.8 Å². The van der Waals surface area contributed by atoms with Crippen LogP contribution in [0.25, 0.3) is 10.9 Å². The molecule has 5 nitrogen and oxygen atoms in total. The number of aryl methyl sites for hydroxylation is 1. The molecule has 1 saturated heterocycles. The Labute approximate surface area is 162 Å². The third-order valence-corrected chi connectivity index (χ3v) is 4.86. The number of hydrazone groups is 1. The number of rotatable bonds is 4. The Morgan fingerprint density at radius 2 is 2.15 bits per heavy atom. The average molecular weight is 379 g/mol. The van der Waals surface area contributed by atoms with Gasteiger partial charge in [0.1, 0.15) is 0 Å². The first kappa shape index (κ1) is 17.6. The van der Waals surface area contributed by atoms with Gasteiger partial charge in [-0.25, -0.2) is 5.01 Å². The standard InChI is InChI=1S/C21H19ClN4O/c1-14-4-2-5-18(24-14)20(25-26-11-3-6-21(26)27)12-15-9-10-23-19-13-16(22)7-8-17(15)19/h2,4-5,7-10,13H,3,6,11-12H2,1H3/b25-20-. The molecule has 1 amide bonds. The topological polar surface area (TPSA) is 58.5 Å². The molecule has 1 fully saturated rings. The van der Waals surface area contributed by atoms with E-state index >= 15 is 0 Å². The zero-order valence-corrected chi connectivity index (χ0v) is 15.8.